The van der Waals surface area contributed by atoms with E-state index in [4.69, 9.17) is 32.7 Å². The van der Waals surface area contributed by atoms with E-state index >= 15 is 0 Å². The zero-order valence-corrected chi connectivity index (χ0v) is 31.7. The highest BCUT2D eigenvalue weighted by atomic mass is 31.2. The Morgan fingerprint density at radius 1 is 0.833 bits per heavy atom. The van der Waals surface area contributed by atoms with E-state index in [1.54, 1.807) is 6.08 Å². The van der Waals surface area contributed by atoms with Crippen molar-refractivity contribution in [2.75, 3.05) is 26.4 Å². The summed E-state index contributed by atoms with van der Waals surface area (Å²) in [4.78, 5) is 58.8. The first-order valence-corrected chi connectivity index (χ1v) is 18.5. The lowest BCUT2D eigenvalue weighted by Gasteiger charge is -2.49. The summed E-state index contributed by atoms with van der Waals surface area (Å²) in [6, 6.07) is -3.26. The van der Waals surface area contributed by atoms with Crippen LogP contribution in [-0.4, -0.2) is 159 Å². The average Bonchev–Trinajstić information content (AvgIpc) is 3.07. The predicted octanol–water partition coefficient (Wildman–Crippen LogP) is -1.31. The minimum atomic E-state index is -5.33. The van der Waals surface area contributed by atoms with E-state index in [9.17, 15) is 59.3 Å². The summed E-state index contributed by atoms with van der Waals surface area (Å²) in [5, 5.41) is 65.2. The number of aliphatic hydroxyl groups is 4. The Kier molecular flexibility index (Phi) is 19.3. The first kappa shape index (κ1) is 47.3. The van der Waals surface area contributed by atoms with Crippen molar-refractivity contribution in [2.24, 2.45) is 0 Å². The van der Waals surface area contributed by atoms with Gasteiger partial charge in [0.05, 0.1) is 26.4 Å². The maximum absolute atomic E-state index is 13.2. The molecule has 2 amide bonds. The highest BCUT2D eigenvalue weighted by Gasteiger charge is 2.54. The summed E-state index contributed by atoms with van der Waals surface area (Å²) < 4.78 is 51.7. The number of phosphoric ester groups is 1. The number of rotatable bonds is 21. The molecule has 2 rings (SSSR count). The zero-order chi connectivity index (χ0) is 40.9. The van der Waals surface area contributed by atoms with Crippen molar-refractivity contribution in [3.05, 3.63) is 23.3 Å². The van der Waals surface area contributed by atoms with Crippen molar-refractivity contribution < 1.29 is 92.0 Å². The van der Waals surface area contributed by atoms with Gasteiger partial charge in [-0.05, 0) is 40.5 Å². The van der Waals surface area contributed by atoms with Gasteiger partial charge in [-0.25, -0.2) is 14.2 Å². The summed E-state index contributed by atoms with van der Waals surface area (Å²) in [6.45, 7) is 5.94. The second-order valence-corrected chi connectivity index (χ2v) is 14.4. The number of carboxylic acids is 2. The molecule has 0 aromatic heterocycles. The zero-order valence-electron chi connectivity index (χ0n) is 30.8. The quantitative estimate of drug-likeness (QED) is 0.0481. The van der Waals surface area contributed by atoms with Crippen LogP contribution in [0.4, 0.5) is 0 Å². The van der Waals surface area contributed by atoms with E-state index in [2.05, 4.69) is 10.6 Å². The van der Waals surface area contributed by atoms with Crippen LogP contribution >= 0.6 is 7.82 Å². The number of amides is 2. The molecular weight excluding hydrogens is 747 g/mol. The molecule has 22 heteroatoms. The fourth-order valence-electron chi connectivity index (χ4n) is 5.40. The molecule has 0 bridgehead atoms. The van der Waals surface area contributed by atoms with Crippen molar-refractivity contribution >= 4 is 31.6 Å². The van der Waals surface area contributed by atoms with Crippen LogP contribution in [0.15, 0.2) is 23.3 Å². The lowest BCUT2D eigenvalue weighted by molar-refractivity contribution is -0.331. The highest BCUT2D eigenvalue weighted by Crippen LogP contribution is 2.47. The lowest BCUT2D eigenvalue weighted by atomic mass is 9.94. The highest BCUT2D eigenvalue weighted by molar-refractivity contribution is 7.47. The van der Waals surface area contributed by atoms with Crippen LogP contribution < -0.4 is 10.6 Å². The Balaban J connectivity index is 2.39. The van der Waals surface area contributed by atoms with Crippen LogP contribution in [0.2, 0.25) is 0 Å². The normalized spacial score (nSPS) is 31.1. The number of carbonyl (C=O) groups excluding carboxylic acids is 2. The van der Waals surface area contributed by atoms with E-state index < -0.39 is 125 Å². The molecule has 0 aliphatic carbocycles. The molecule has 1 unspecified atom stereocenters. The van der Waals surface area contributed by atoms with Gasteiger partial charge < -0.3 is 69.9 Å². The molecule has 2 saturated heterocycles. The molecule has 2 aliphatic heterocycles. The SMILES string of the molecule is CC(=O)N[C@H]1[C@H](O[C@H]2[C@H](O[C@H](C)C(=O)O)[C@@H](NC(C)=O)[C@@H](OP(=O)(O)OC[C@@H](OC/C=C(\C)CCC=C(C)C)C(=O)O)O[C@@H]2CO)O[C@H](CO)[C@@H](O)[C@@H]1O. The first-order chi connectivity index (χ1) is 25.2. The molecule has 0 radical (unpaired) electrons. The minimum Gasteiger partial charge on any atom is -0.479 e. The van der Waals surface area contributed by atoms with E-state index in [0.29, 0.717) is 6.42 Å². The van der Waals surface area contributed by atoms with Crippen LogP contribution in [0.25, 0.3) is 0 Å². The molecule has 2 fully saturated rings. The van der Waals surface area contributed by atoms with Crippen LogP contribution in [0.1, 0.15) is 54.4 Å². The van der Waals surface area contributed by atoms with Gasteiger partial charge in [0, 0.05) is 13.8 Å². The third kappa shape index (κ3) is 14.6. The molecule has 9 N–H and O–H groups in total. The molecule has 0 spiro atoms. The maximum atomic E-state index is 13.2. The Morgan fingerprint density at radius 3 is 1.96 bits per heavy atom. The fraction of sp³-hybridized carbons (Fsp3) is 0.750. The molecule has 54 heavy (non-hydrogen) atoms. The van der Waals surface area contributed by atoms with Gasteiger partial charge in [0.15, 0.2) is 24.8 Å². The Morgan fingerprint density at radius 2 is 1.43 bits per heavy atom. The standard InChI is InChI=1S/C32H53N2O19P/c1-15(2)8-7-9-16(3)10-11-47-22(30(43)44)14-48-54(45,46)53-32-24(34-19(6)38)28(49-17(4)29(41)42)27(21(13-36)51-32)52-31-23(33-18(5)37)26(40)25(39)20(12-35)50-31/h8,10,17,20-28,31-32,35-36,39-40H,7,9,11-14H2,1-6H3,(H,33,37)(H,34,38)(H,41,42)(H,43,44)(H,45,46)/b16-10+/t17-,20-,21-,22-,23-,24-,25-,26-,27-,28-,31+,32-/m1/s1. The third-order valence-electron chi connectivity index (χ3n) is 8.17. The second kappa shape index (κ2) is 22.0. The summed E-state index contributed by atoms with van der Waals surface area (Å²) in [5.41, 5.74) is 2.05. The van der Waals surface area contributed by atoms with Gasteiger partial charge in [0.1, 0.15) is 48.7 Å². The van der Waals surface area contributed by atoms with E-state index in [-0.39, 0.29) is 6.61 Å². The predicted molar refractivity (Wildman–Crippen MR) is 182 cm³/mol. The summed E-state index contributed by atoms with van der Waals surface area (Å²) in [6.07, 6.45) is -12.2. The summed E-state index contributed by atoms with van der Waals surface area (Å²) >= 11 is 0. The van der Waals surface area contributed by atoms with Gasteiger partial charge in [-0.1, -0.05) is 23.3 Å². The lowest BCUT2D eigenvalue weighted by Crippen LogP contribution is -2.70. The third-order valence-corrected chi connectivity index (χ3v) is 9.12. The molecule has 0 aromatic rings. The number of aliphatic hydroxyl groups excluding tert-OH is 4. The van der Waals surface area contributed by atoms with Gasteiger partial charge in [-0.2, -0.15) is 0 Å². The maximum Gasteiger partial charge on any atom is 0.474 e. The molecule has 13 atom stereocenters. The summed E-state index contributed by atoms with van der Waals surface area (Å²) in [5.74, 6) is -4.58. The average molecular weight is 801 g/mol. The first-order valence-electron chi connectivity index (χ1n) is 17.0. The van der Waals surface area contributed by atoms with Crippen molar-refractivity contribution in [1.29, 1.82) is 0 Å². The summed E-state index contributed by atoms with van der Waals surface area (Å²) in [7, 11) is -5.33. The number of hydrogen-bond donors (Lipinski definition) is 9. The monoisotopic (exact) mass is 800 g/mol. The number of carboxylic acid groups (broad SMARTS) is 2. The Bertz CT molecular complexity index is 1380. The molecule has 2 aliphatic rings. The van der Waals surface area contributed by atoms with Crippen LogP contribution in [0.3, 0.4) is 0 Å². The Labute approximate surface area is 311 Å². The van der Waals surface area contributed by atoms with Crippen molar-refractivity contribution in [3.63, 3.8) is 0 Å². The largest absolute Gasteiger partial charge is 0.479 e. The number of allylic oxidation sites excluding steroid dienone is 3. The van der Waals surface area contributed by atoms with Crippen LogP contribution in [0, 0.1) is 0 Å². The smallest absolute Gasteiger partial charge is 0.474 e. The molecular formula is C32H53N2O19P. The van der Waals surface area contributed by atoms with E-state index in [1.807, 2.05) is 26.8 Å². The van der Waals surface area contributed by atoms with Crippen LogP contribution in [0.5, 0.6) is 0 Å². The number of carbonyl (C=O) groups is 4. The molecule has 21 nitrogen and oxygen atoms in total. The molecule has 2 heterocycles. The Hall–Kier alpha value is -2.89. The molecule has 0 saturated carbocycles. The number of nitrogens with one attached hydrogen (secondary N) is 2. The topological polar surface area (TPSA) is 316 Å². The molecule has 310 valence electrons. The van der Waals surface area contributed by atoms with Crippen molar-refractivity contribution in [3.8, 4) is 0 Å². The van der Waals surface area contributed by atoms with E-state index in [1.165, 1.54) is 0 Å². The molecule has 0 aromatic carbocycles. The van der Waals surface area contributed by atoms with Crippen molar-refractivity contribution in [1.82, 2.24) is 10.6 Å². The van der Waals surface area contributed by atoms with Gasteiger partial charge in [0.25, 0.3) is 0 Å². The van der Waals surface area contributed by atoms with E-state index in [0.717, 1.165) is 38.3 Å². The van der Waals surface area contributed by atoms with Crippen LogP contribution in [-0.2, 0) is 56.5 Å². The van der Waals surface area contributed by atoms with Gasteiger partial charge in [-0.15, -0.1) is 0 Å². The number of aliphatic carboxylic acids is 2. The number of hydrogen-bond acceptors (Lipinski definition) is 16. The van der Waals surface area contributed by atoms with Gasteiger partial charge in [0.2, 0.25) is 11.8 Å². The van der Waals surface area contributed by atoms with Gasteiger partial charge in [-0.3, -0.25) is 18.6 Å². The minimum absolute atomic E-state index is 0.170. The second-order valence-electron chi connectivity index (χ2n) is 13.0. The number of phosphoric acid groups is 1. The fourth-order valence-corrected chi connectivity index (χ4v) is 6.23. The number of ether oxygens (including phenoxy) is 5. The van der Waals surface area contributed by atoms with Gasteiger partial charge >= 0.3 is 19.8 Å². The van der Waals surface area contributed by atoms with Crippen molar-refractivity contribution in [2.45, 2.75) is 128 Å².